The molecule has 1 aromatic rings. The second-order valence-electron chi connectivity index (χ2n) is 4.82. The fraction of sp³-hybridized carbons (Fsp3) is 0.462. The third kappa shape index (κ3) is 2.52. The number of hydrogen-bond donors (Lipinski definition) is 1. The predicted octanol–water partition coefficient (Wildman–Crippen LogP) is 1.81. The summed E-state index contributed by atoms with van der Waals surface area (Å²) in [6.45, 7) is 4.66. The number of carbonyl (C=O) groups excluding carboxylic acids is 1. The van der Waals surface area contributed by atoms with Gasteiger partial charge in [-0.25, -0.2) is 0 Å². The van der Waals surface area contributed by atoms with E-state index in [0.717, 1.165) is 19.6 Å². The molecule has 2 rings (SSSR count). The van der Waals surface area contributed by atoms with Gasteiger partial charge in [0.15, 0.2) is 0 Å². The van der Waals surface area contributed by atoms with E-state index in [0.29, 0.717) is 15.7 Å². The van der Waals surface area contributed by atoms with Crippen molar-refractivity contribution in [2.45, 2.75) is 13.0 Å². The smallest absolute Gasteiger partial charge is 0.255 e. The van der Waals surface area contributed by atoms with E-state index in [1.165, 1.54) is 0 Å². The fourth-order valence-electron chi connectivity index (χ4n) is 2.31. The van der Waals surface area contributed by atoms with Crippen LogP contribution in [0.1, 0.15) is 17.3 Å². The van der Waals surface area contributed by atoms with E-state index in [1.807, 2.05) is 17.0 Å². The van der Waals surface area contributed by atoms with Gasteiger partial charge in [-0.3, -0.25) is 4.79 Å². The summed E-state index contributed by atoms with van der Waals surface area (Å²) in [4.78, 5) is 16.7. The molecule has 2 N–H and O–H groups in total. The molecule has 0 aromatic heterocycles. The van der Waals surface area contributed by atoms with Crippen LogP contribution in [0.5, 0.6) is 0 Å². The van der Waals surface area contributed by atoms with Crippen molar-refractivity contribution in [3.63, 3.8) is 0 Å². The molecule has 4 nitrogen and oxygen atoms in total. The Labute approximate surface area is 116 Å². The summed E-state index contributed by atoms with van der Waals surface area (Å²) in [6.07, 6.45) is 0. The fourth-order valence-corrected chi connectivity index (χ4v) is 2.75. The SMILES string of the molecule is CC1CN(C)CCN1C(=O)c1cccc(N)c1Br. The molecular formula is C13H18BrN3O. The number of nitrogens with two attached hydrogens (primary N) is 1. The van der Waals surface area contributed by atoms with Crippen molar-refractivity contribution in [1.82, 2.24) is 9.80 Å². The van der Waals surface area contributed by atoms with Crippen LogP contribution in [0.15, 0.2) is 22.7 Å². The molecule has 1 saturated heterocycles. The van der Waals surface area contributed by atoms with E-state index < -0.39 is 0 Å². The zero-order chi connectivity index (χ0) is 13.3. The number of hydrogen-bond acceptors (Lipinski definition) is 3. The minimum Gasteiger partial charge on any atom is -0.398 e. The average molecular weight is 312 g/mol. The Bertz CT molecular complexity index is 464. The van der Waals surface area contributed by atoms with Gasteiger partial charge in [0, 0.05) is 31.4 Å². The van der Waals surface area contributed by atoms with E-state index in [-0.39, 0.29) is 11.9 Å². The molecule has 1 aliphatic rings. The molecule has 1 amide bonds. The number of carbonyl (C=O) groups is 1. The molecule has 0 aliphatic carbocycles. The van der Waals surface area contributed by atoms with Crippen molar-refractivity contribution in [2.75, 3.05) is 32.4 Å². The van der Waals surface area contributed by atoms with Crippen molar-refractivity contribution in [3.05, 3.63) is 28.2 Å². The van der Waals surface area contributed by atoms with Gasteiger partial charge in [0.05, 0.1) is 10.0 Å². The van der Waals surface area contributed by atoms with Gasteiger partial charge in [0.1, 0.15) is 0 Å². The molecule has 1 aliphatic heterocycles. The van der Waals surface area contributed by atoms with Crippen LogP contribution < -0.4 is 5.73 Å². The summed E-state index contributed by atoms with van der Waals surface area (Å²) in [7, 11) is 2.08. The normalized spacial score (nSPS) is 21.1. The third-order valence-electron chi connectivity index (χ3n) is 3.35. The number of rotatable bonds is 1. The largest absolute Gasteiger partial charge is 0.398 e. The van der Waals surface area contributed by atoms with Gasteiger partial charge >= 0.3 is 0 Å². The minimum absolute atomic E-state index is 0.0507. The summed E-state index contributed by atoms with van der Waals surface area (Å²) in [5.41, 5.74) is 7.06. The number of likely N-dealkylation sites (N-methyl/N-ethyl adjacent to an activating group) is 1. The number of halogens is 1. The van der Waals surface area contributed by atoms with Crippen molar-refractivity contribution >= 4 is 27.5 Å². The monoisotopic (exact) mass is 311 g/mol. The van der Waals surface area contributed by atoms with Crippen LogP contribution in [-0.2, 0) is 0 Å². The first-order valence-electron chi connectivity index (χ1n) is 6.04. The Balaban J connectivity index is 2.23. The molecule has 5 heteroatoms. The lowest BCUT2D eigenvalue weighted by molar-refractivity contribution is 0.0532. The molecule has 0 saturated carbocycles. The van der Waals surface area contributed by atoms with Crippen molar-refractivity contribution < 1.29 is 4.79 Å². The molecule has 1 aromatic carbocycles. The molecule has 18 heavy (non-hydrogen) atoms. The average Bonchev–Trinajstić information content (AvgIpc) is 2.32. The first-order valence-corrected chi connectivity index (χ1v) is 6.83. The van der Waals surface area contributed by atoms with Crippen molar-refractivity contribution in [1.29, 1.82) is 0 Å². The summed E-state index contributed by atoms with van der Waals surface area (Å²) in [5.74, 6) is 0.0507. The Hall–Kier alpha value is -1.07. The molecule has 1 heterocycles. The predicted molar refractivity (Wildman–Crippen MR) is 76.5 cm³/mol. The number of nitrogen functional groups attached to an aromatic ring is 1. The van der Waals surface area contributed by atoms with Crippen LogP contribution in [0.2, 0.25) is 0 Å². The van der Waals surface area contributed by atoms with Gasteiger partial charge in [-0.15, -0.1) is 0 Å². The first kappa shape index (κ1) is 13.4. The molecule has 1 fully saturated rings. The number of anilines is 1. The van der Waals surface area contributed by atoms with Crippen molar-refractivity contribution in [2.24, 2.45) is 0 Å². The summed E-state index contributed by atoms with van der Waals surface area (Å²) >= 11 is 3.40. The number of benzene rings is 1. The van der Waals surface area contributed by atoms with Gasteiger partial charge < -0.3 is 15.5 Å². The van der Waals surface area contributed by atoms with Crippen molar-refractivity contribution in [3.8, 4) is 0 Å². The van der Waals surface area contributed by atoms with E-state index >= 15 is 0 Å². The maximum Gasteiger partial charge on any atom is 0.255 e. The third-order valence-corrected chi connectivity index (χ3v) is 4.24. The minimum atomic E-state index is 0.0507. The maximum absolute atomic E-state index is 12.5. The topological polar surface area (TPSA) is 49.6 Å². The molecule has 1 atom stereocenters. The summed E-state index contributed by atoms with van der Waals surface area (Å²) in [5, 5.41) is 0. The van der Waals surface area contributed by atoms with Gasteiger partial charge in [0.2, 0.25) is 0 Å². The lowest BCUT2D eigenvalue weighted by atomic mass is 10.1. The quantitative estimate of drug-likeness (QED) is 0.805. The highest BCUT2D eigenvalue weighted by Crippen LogP contribution is 2.26. The second kappa shape index (κ2) is 5.28. The number of amides is 1. The lowest BCUT2D eigenvalue weighted by Gasteiger charge is -2.38. The highest BCUT2D eigenvalue weighted by atomic mass is 79.9. The van der Waals surface area contributed by atoms with Gasteiger partial charge in [-0.2, -0.15) is 0 Å². The lowest BCUT2D eigenvalue weighted by Crippen LogP contribution is -2.52. The Kier molecular flexibility index (Phi) is 3.92. The van der Waals surface area contributed by atoms with Gasteiger partial charge in [-0.1, -0.05) is 6.07 Å². The van der Waals surface area contributed by atoms with E-state index in [9.17, 15) is 4.79 Å². The summed E-state index contributed by atoms with van der Waals surface area (Å²) < 4.78 is 0.695. The Morgan fingerprint density at radius 2 is 2.17 bits per heavy atom. The van der Waals surface area contributed by atoms with Gasteiger partial charge in [-0.05, 0) is 42.0 Å². The molecule has 1 unspecified atom stereocenters. The molecular weight excluding hydrogens is 294 g/mol. The maximum atomic E-state index is 12.5. The summed E-state index contributed by atoms with van der Waals surface area (Å²) in [6, 6.07) is 5.64. The highest BCUT2D eigenvalue weighted by molar-refractivity contribution is 9.10. The molecule has 0 spiro atoms. The van der Waals surface area contributed by atoms with E-state index in [1.54, 1.807) is 6.07 Å². The zero-order valence-electron chi connectivity index (χ0n) is 10.7. The first-order chi connectivity index (χ1) is 8.50. The van der Waals surface area contributed by atoms with Gasteiger partial charge in [0.25, 0.3) is 5.91 Å². The molecule has 0 radical (unpaired) electrons. The van der Waals surface area contributed by atoms with Crippen LogP contribution in [0.25, 0.3) is 0 Å². The molecule has 98 valence electrons. The van der Waals surface area contributed by atoms with Crippen LogP contribution in [0.3, 0.4) is 0 Å². The van der Waals surface area contributed by atoms with E-state index in [4.69, 9.17) is 5.73 Å². The van der Waals surface area contributed by atoms with Crippen LogP contribution in [0.4, 0.5) is 5.69 Å². The number of nitrogens with zero attached hydrogens (tertiary/aromatic N) is 2. The van der Waals surface area contributed by atoms with Crippen LogP contribution in [0, 0.1) is 0 Å². The Morgan fingerprint density at radius 3 is 2.83 bits per heavy atom. The standard InChI is InChI=1S/C13H18BrN3O/c1-9-8-16(2)6-7-17(9)13(18)10-4-3-5-11(15)12(10)14/h3-5,9H,6-8,15H2,1-2H3. The zero-order valence-corrected chi connectivity index (χ0v) is 12.3. The van der Waals surface area contributed by atoms with Crippen LogP contribution >= 0.6 is 15.9 Å². The van der Waals surface area contributed by atoms with E-state index in [2.05, 4.69) is 34.8 Å². The number of piperazine rings is 1. The highest BCUT2D eigenvalue weighted by Gasteiger charge is 2.27. The second-order valence-corrected chi connectivity index (χ2v) is 5.61. The molecule has 0 bridgehead atoms. The Morgan fingerprint density at radius 1 is 1.44 bits per heavy atom. The van der Waals surface area contributed by atoms with Crippen LogP contribution in [-0.4, -0.2) is 48.4 Å².